The Morgan fingerprint density at radius 3 is 1.64 bits per heavy atom. The molecule has 0 fully saturated rings. The van der Waals surface area contributed by atoms with Crippen molar-refractivity contribution in [2.45, 2.75) is 5.41 Å². The molecule has 0 unspecified atom stereocenters. The molecule has 0 spiro atoms. The SMILES string of the molecule is c1ccc(C2(c3ccccc3)c3ccccc3-c3ccc(-c4cccc(-c5cccc(-c6cc(-c7ccccn7)nc7ccccc67)c5)c4)cc32)cc1. The van der Waals surface area contributed by atoms with E-state index >= 15 is 0 Å². The third kappa shape index (κ3) is 5.11. The average molecular weight is 675 g/mol. The maximum atomic E-state index is 4.98. The number of rotatable bonds is 6. The fourth-order valence-corrected chi connectivity index (χ4v) is 8.43. The first kappa shape index (κ1) is 30.9. The number of aromatic nitrogens is 2. The molecule has 10 rings (SSSR count). The summed E-state index contributed by atoms with van der Waals surface area (Å²) in [7, 11) is 0. The number of fused-ring (bicyclic) bond motifs is 4. The molecule has 53 heavy (non-hydrogen) atoms. The maximum Gasteiger partial charge on any atom is 0.0900 e. The van der Waals surface area contributed by atoms with E-state index in [1.165, 1.54) is 55.6 Å². The Morgan fingerprint density at radius 2 is 0.925 bits per heavy atom. The van der Waals surface area contributed by atoms with Gasteiger partial charge in [0.15, 0.2) is 0 Å². The molecule has 1 aliphatic rings. The van der Waals surface area contributed by atoms with Gasteiger partial charge in [-0.25, -0.2) is 4.98 Å². The number of pyridine rings is 2. The Morgan fingerprint density at radius 1 is 0.340 bits per heavy atom. The summed E-state index contributed by atoms with van der Waals surface area (Å²) >= 11 is 0. The van der Waals surface area contributed by atoms with E-state index < -0.39 is 5.41 Å². The molecule has 0 aliphatic heterocycles. The van der Waals surface area contributed by atoms with Crippen LogP contribution in [-0.4, -0.2) is 9.97 Å². The fraction of sp³-hybridized carbons (Fsp3) is 0.0196. The van der Waals surface area contributed by atoms with Crippen molar-refractivity contribution in [3.05, 3.63) is 229 Å². The lowest BCUT2D eigenvalue weighted by Crippen LogP contribution is -2.28. The lowest BCUT2D eigenvalue weighted by molar-refractivity contribution is 0.769. The number of para-hydroxylation sites is 1. The van der Waals surface area contributed by atoms with Crippen molar-refractivity contribution in [3.8, 4) is 55.9 Å². The molecule has 7 aromatic carbocycles. The smallest absolute Gasteiger partial charge is 0.0900 e. The molecule has 0 amide bonds. The summed E-state index contributed by atoms with van der Waals surface area (Å²) in [4.78, 5) is 9.59. The highest BCUT2D eigenvalue weighted by molar-refractivity contribution is 5.97. The van der Waals surface area contributed by atoms with Gasteiger partial charge >= 0.3 is 0 Å². The molecule has 1 aliphatic carbocycles. The van der Waals surface area contributed by atoms with Gasteiger partial charge in [-0.15, -0.1) is 0 Å². The van der Waals surface area contributed by atoms with Gasteiger partial charge in [0.2, 0.25) is 0 Å². The number of nitrogens with zero attached hydrogens (tertiary/aromatic N) is 2. The van der Waals surface area contributed by atoms with Crippen LogP contribution in [0, 0.1) is 0 Å². The normalized spacial score (nSPS) is 12.7. The monoisotopic (exact) mass is 674 g/mol. The zero-order chi connectivity index (χ0) is 35.2. The first-order valence-corrected chi connectivity index (χ1v) is 18.2. The summed E-state index contributed by atoms with van der Waals surface area (Å²) in [6, 6.07) is 72.3. The molecule has 2 heteroatoms. The van der Waals surface area contributed by atoms with Crippen LogP contribution in [0.2, 0.25) is 0 Å². The molecule has 0 radical (unpaired) electrons. The molecule has 2 nitrogen and oxygen atoms in total. The quantitative estimate of drug-likeness (QED) is 0.175. The second-order valence-corrected chi connectivity index (χ2v) is 13.7. The topological polar surface area (TPSA) is 25.8 Å². The third-order valence-corrected chi connectivity index (χ3v) is 10.8. The molecular weight excluding hydrogens is 641 g/mol. The highest BCUT2D eigenvalue weighted by Crippen LogP contribution is 2.56. The van der Waals surface area contributed by atoms with Crippen LogP contribution in [0.25, 0.3) is 66.8 Å². The number of hydrogen-bond acceptors (Lipinski definition) is 2. The average Bonchev–Trinajstić information content (AvgIpc) is 3.55. The van der Waals surface area contributed by atoms with Gasteiger partial charge in [0.1, 0.15) is 0 Å². The van der Waals surface area contributed by atoms with Crippen molar-refractivity contribution in [2.24, 2.45) is 0 Å². The molecule has 2 heterocycles. The van der Waals surface area contributed by atoms with E-state index in [2.05, 4.69) is 181 Å². The van der Waals surface area contributed by atoms with Crippen molar-refractivity contribution < 1.29 is 0 Å². The molecule has 0 atom stereocenters. The lowest BCUT2D eigenvalue weighted by Gasteiger charge is -2.34. The minimum Gasteiger partial charge on any atom is -0.255 e. The van der Waals surface area contributed by atoms with Gasteiger partial charge in [0.05, 0.1) is 22.3 Å². The van der Waals surface area contributed by atoms with E-state index in [-0.39, 0.29) is 0 Å². The fourth-order valence-electron chi connectivity index (χ4n) is 8.43. The van der Waals surface area contributed by atoms with Crippen molar-refractivity contribution in [2.75, 3.05) is 0 Å². The predicted molar refractivity (Wildman–Crippen MR) is 219 cm³/mol. The molecular formula is C51H34N2. The summed E-state index contributed by atoms with van der Waals surface area (Å²) in [5.74, 6) is 0. The maximum absolute atomic E-state index is 4.98. The van der Waals surface area contributed by atoms with Crippen LogP contribution < -0.4 is 0 Å². The van der Waals surface area contributed by atoms with E-state index in [4.69, 9.17) is 4.98 Å². The standard InChI is InChI=1S/C51H34N2/c1-3-19-40(20-4-1)51(41-21-5-2-6-22-41)46-25-9-7-23-42(46)43-29-28-38(33-47(43)51)36-16-13-15-35(31-36)37-17-14-18-39(32-37)45-34-50(49-27-11-12-30-52-49)53-48-26-10-8-24-44(45)48/h1-34H. The summed E-state index contributed by atoms with van der Waals surface area (Å²) in [6.07, 6.45) is 1.82. The molecule has 9 aromatic rings. The van der Waals surface area contributed by atoms with Crippen molar-refractivity contribution in [3.63, 3.8) is 0 Å². The van der Waals surface area contributed by atoms with Crippen LogP contribution in [0.15, 0.2) is 206 Å². The largest absolute Gasteiger partial charge is 0.255 e. The second kappa shape index (κ2) is 12.7. The van der Waals surface area contributed by atoms with Gasteiger partial charge in [0, 0.05) is 11.6 Å². The van der Waals surface area contributed by atoms with E-state index in [0.29, 0.717) is 0 Å². The predicted octanol–water partition coefficient (Wildman–Crippen LogP) is 12.7. The molecule has 2 aromatic heterocycles. The van der Waals surface area contributed by atoms with Crippen molar-refractivity contribution in [1.29, 1.82) is 0 Å². The van der Waals surface area contributed by atoms with Crippen LogP contribution in [0.3, 0.4) is 0 Å². The third-order valence-electron chi connectivity index (χ3n) is 10.8. The van der Waals surface area contributed by atoms with E-state index in [1.54, 1.807) is 0 Å². The summed E-state index contributed by atoms with van der Waals surface area (Å²) in [5, 5.41) is 1.12. The van der Waals surface area contributed by atoms with Crippen molar-refractivity contribution >= 4 is 10.9 Å². The van der Waals surface area contributed by atoms with Crippen LogP contribution in [0.1, 0.15) is 22.3 Å². The lowest BCUT2D eigenvalue weighted by atomic mass is 9.67. The zero-order valence-electron chi connectivity index (χ0n) is 29.0. The van der Waals surface area contributed by atoms with Gasteiger partial charge < -0.3 is 0 Å². The van der Waals surface area contributed by atoms with Crippen LogP contribution >= 0.6 is 0 Å². The zero-order valence-corrected chi connectivity index (χ0v) is 29.0. The van der Waals surface area contributed by atoms with Gasteiger partial charge in [-0.05, 0) is 109 Å². The van der Waals surface area contributed by atoms with Crippen LogP contribution in [-0.2, 0) is 5.41 Å². The van der Waals surface area contributed by atoms with E-state index in [0.717, 1.165) is 33.4 Å². The van der Waals surface area contributed by atoms with Gasteiger partial charge in [-0.3, -0.25) is 4.98 Å². The van der Waals surface area contributed by atoms with Gasteiger partial charge in [0.25, 0.3) is 0 Å². The highest BCUT2D eigenvalue weighted by atomic mass is 14.8. The highest BCUT2D eigenvalue weighted by Gasteiger charge is 2.46. The Labute approximate surface area is 309 Å². The minimum absolute atomic E-state index is 0.433. The minimum atomic E-state index is -0.433. The second-order valence-electron chi connectivity index (χ2n) is 13.7. The molecule has 0 bridgehead atoms. The number of hydrogen-bond donors (Lipinski definition) is 0. The van der Waals surface area contributed by atoms with Gasteiger partial charge in [-0.2, -0.15) is 0 Å². The van der Waals surface area contributed by atoms with Gasteiger partial charge in [-0.1, -0.05) is 158 Å². The first-order chi connectivity index (χ1) is 26.3. The van der Waals surface area contributed by atoms with Crippen LogP contribution in [0.5, 0.6) is 0 Å². The first-order valence-electron chi connectivity index (χ1n) is 18.2. The Balaban J connectivity index is 1.10. The Bertz CT molecular complexity index is 2730. The summed E-state index contributed by atoms with van der Waals surface area (Å²) < 4.78 is 0. The summed E-state index contributed by atoms with van der Waals surface area (Å²) in [6.45, 7) is 0. The van der Waals surface area contributed by atoms with E-state index in [9.17, 15) is 0 Å². The summed E-state index contributed by atoms with van der Waals surface area (Å²) in [5.41, 5.74) is 17.0. The molecule has 0 saturated carbocycles. The van der Waals surface area contributed by atoms with Crippen LogP contribution in [0.4, 0.5) is 0 Å². The Hall–Kier alpha value is -6.90. The Kier molecular flexibility index (Phi) is 7.40. The molecule has 248 valence electrons. The van der Waals surface area contributed by atoms with E-state index in [1.807, 2.05) is 30.5 Å². The number of benzene rings is 7. The molecule has 0 saturated heterocycles. The van der Waals surface area contributed by atoms with Crippen molar-refractivity contribution in [1.82, 2.24) is 9.97 Å². The molecule has 0 N–H and O–H groups in total.